The quantitative estimate of drug-likeness (QED) is 0.192. The third-order valence-electron chi connectivity index (χ3n) is 4.83. The predicted octanol–water partition coefficient (Wildman–Crippen LogP) is 6.66. The van der Waals surface area contributed by atoms with E-state index < -0.39 is 5.97 Å². The molecule has 0 fully saturated rings. The minimum atomic E-state index is -0.668. The second-order valence-electron chi connectivity index (χ2n) is 7.36. The Morgan fingerprint density at radius 2 is 0.885 bits per heavy atom. The Bertz CT molecular complexity index is 328. The first kappa shape index (κ1) is 24.9. The standard InChI is InChI=1S/C22H42O4/c1-2-26-22(25)20-18-16-14-12-10-8-6-4-3-5-7-9-11-13-15-17-19-21(23)24/h2-20H2,1H3,(H,23,24). The average Bonchev–Trinajstić information content (AvgIpc) is 2.60. The number of ether oxygens (including phenoxy) is 1. The molecular formula is C22H42O4. The molecule has 26 heavy (non-hydrogen) atoms. The van der Waals surface area contributed by atoms with Gasteiger partial charge < -0.3 is 9.84 Å². The van der Waals surface area contributed by atoms with E-state index in [1.165, 1.54) is 77.0 Å². The van der Waals surface area contributed by atoms with Crippen molar-refractivity contribution in [1.29, 1.82) is 0 Å². The van der Waals surface area contributed by atoms with Gasteiger partial charge in [-0.15, -0.1) is 0 Å². The lowest BCUT2D eigenvalue weighted by atomic mass is 10.0. The lowest BCUT2D eigenvalue weighted by molar-refractivity contribution is -0.143. The molecule has 0 amide bonds. The molecule has 0 spiro atoms. The fourth-order valence-corrected chi connectivity index (χ4v) is 3.25. The number of hydrogen-bond donors (Lipinski definition) is 1. The van der Waals surface area contributed by atoms with Crippen LogP contribution in [0.5, 0.6) is 0 Å². The fourth-order valence-electron chi connectivity index (χ4n) is 3.25. The van der Waals surface area contributed by atoms with Gasteiger partial charge in [0.25, 0.3) is 0 Å². The zero-order valence-corrected chi connectivity index (χ0v) is 17.1. The van der Waals surface area contributed by atoms with Crippen molar-refractivity contribution in [3.63, 3.8) is 0 Å². The second kappa shape index (κ2) is 20.3. The van der Waals surface area contributed by atoms with Crippen LogP contribution in [0, 0.1) is 0 Å². The zero-order valence-electron chi connectivity index (χ0n) is 17.1. The fraction of sp³-hybridized carbons (Fsp3) is 0.909. The Kier molecular flexibility index (Phi) is 19.4. The number of aliphatic carboxylic acids is 1. The molecule has 0 aliphatic heterocycles. The highest BCUT2D eigenvalue weighted by molar-refractivity contribution is 5.69. The first-order valence-electron chi connectivity index (χ1n) is 11.0. The van der Waals surface area contributed by atoms with E-state index in [2.05, 4.69) is 0 Å². The molecule has 0 atom stereocenters. The minimum absolute atomic E-state index is 0.0503. The highest BCUT2D eigenvalue weighted by Crippen LogP contribution is 2.14. The van der Waals surface area contributed by atoms with Gasteiger partial charge >= 0.3 is 11.9 Å². The minimum Gasteiger partial charge on any atom is -0.481 e. The van der Waals surface area contributed by atoms with Crippen molar-refractivity contribution < 1.29 is 19.4 Å². The monoisotopic (exact) mass is 370 g/mol. The zero-order chi connectivity index (χ0) is 19.3. The molecule has 154 valence electrons. The Hall–Kier alpha value is -1.06. The van der Waals surface area contributed by atoms with Gasteiger partial charge in [-0.2, -0.15) is 0 Å². The Morgan fingerprint density at radius 1 is 0.577 bits per heavy atom. The molecule has 0 radical (unpaired) electrons. The number of unbranched alkanes of at least 4 members (excludes halogenated alkanes) is 15. The van der Waals surface area contributed by atoms with Crippen LogP contribution in [0.25, 0.3) is 0 Å². The summed E-state index contributed by atoms with van der Waals surface area (Å²) in [6.45, 7) is 2.35. The van der Waals surface area contributed by atoms with Crippen molar-refractivity contribution in [2.75, 3.05) is 6.61 Å². The summed E-state index contributed by atoms with van der Waals surface area (Å²) in [7, 11) is 0. The number of carbonyl (C=O) groups excluding carboxylic acids is 1. The molecule has 0 unspecified atom stereocenters. The maximum atomic E-state index is 11.2. The van der Waals surface area contributed by atoms with Crippen LogP contribution in [0.1, 0.15) is 122 Å². The van der Waals surface area contributed by atoms with Gasteiger partial charge in [0.05, 0.1) is 6.61 Å². The molecule has 0 aromatic heterocycles. The van der Waals surface area contributed by atoms with Crippen LogP contribution in [0.15, 0.2) is 0 Å². The van der Waals surface area contributed by atoms with E-state index >= 15 is 0 Å². The van der Waals surface area contributed by atoms with Crippen LogP contribution in [0.2, 0.25) is 0 Å². The Balaban J connectivity index is 3.05. The first-order valence-corrected chi connectivity index (χ1v) is 11.0. The van der Waals surface area contributed by atoms with E-state index in [4.69, 9.17) is 9.84 Å². The number of rotatable bonds is 20. The van der Waals surface area contributed by atoms with E-state index in [1.807, 2.05) is 6.92 Å². The number of hydrogen-bond acceptors (Lipinski definition) is 3. The molecule has 0 aliphatic carbocycles. The second-order valence-corrected chi connectivity index (χ2v) is 7.36. The first-order chi connectivity index (χ1) is 12.7. The summed E-state index contributed by atoms with van der Waals surface area (Å²) in [5.74, 6) is -0.718. The molecule has 0 bridgehead atoms. The van der Waals surface area contributed by atoms with E-state index in [0.29, 0.717) is 19.4 Å². The van der Waals surface area contributed by atoms with E-state index in [1.54, 1.807) is 0 Å². The van der Waals surface area contributed by atoms with Crippen LogP contribution in [0.4, 0.5) is 0 Å². The van der Waals surface area contributed by atoms with Crippen molar-refractivity contribution >= 4 is 11.9 Å². The van der Waals surface area contributed by atoms with Gasteiger partial charge in [-0.25, -0.2) is 0 Å². The van der Waals surface area contributed by atoms with Crippen molar-refractivity contribution in [2.24, 2.45) is 0 Å². The molecule has 4 heteroatoms. The van der Waals surface area contributed by atoms with Crippen LogP contribution >= 0.6 is 0 Å². The van der Waals surface area contributed by atoms with Gasteiger partial charge in [0.1, 0.15) is 0 Å². The van der Waals surface area contributed by atoms with Crippen LogP contribution in [-0.2, 0) is 14.3 Å². The molecule has 0 saturated heterocycles. The molecular weight excluding hydrogens is 328 g/mol. The molecule has 4 nitrogen and oxygen atoms in total. The average molecular weight is 371 g/mol. The molecule has 1 N–H and O–H groups in total. The van der Waals surface area contributed by atoms with Gasteiger partial charge in [0.2, 0.25) is 0 Å². The topological polar surface area (TPSA) is 63.6 Å². The van der Waals surface area contributed by atoms with Gasteiger partial charge in [-0.05, 0) is 19.8 Å². The third-order valence-corrected chi connectivity index (χ3v) is 4.83. The van der Waals surface area contributed by atoms with Gasteiger partial charge in [-0.1, -0.05) is 89.9 Å². The summed E-state index contributed by atoms with van der Waals surface area (Å²) in [5, 5.41) is 8.56. The summed E-state index contributed by atoms with van der Waals surface area (Å²) >= 11 is 0. The summed E-state index contributed by atoms with van der Waals surface area (Å²) in [4.78, 5) is 21.6. The number of carboxylic acid groups (broad SMARTS) is 1. The molecule has 0 aliphatic rings. The smallest absolute Gasteiger partial charge is 0.305 e. The van der Waals surface area contributed by atoms with Gasteiger partial charge in [-0.3, -0.25) is 9.59 Å². The number of esters is 1. The van der Waals surface area contributed by atoms with Crippen molar-refractivity contribution in [3.05, 3.63) is 0 Å². The lowest BCUT2D eigenvalue weighted by Gasteiger charge is -2.04. The summed E-state index contributed by atoms with van der Waals surface area (Å²) < 4.78 is 4.92. The molecule has 0 heterocycles. The highest BCUT2D eigenvalue weighted by Gasteiger charge is 2.00. The van der Waals surface area contributed by atoms with Crippen molar-refractivity contribution in [3.8, 4) is 0 Å². The lowest BCUT2D eigenvalue weighted by Crippen LogP contribution is -2.03. The van der Waals surface area contributed by atoms with E-state index in [9.17, 15) is 9.59 Å². The molecule has 0 saturated carbocycles. The van der Waals surface area contributed by atoms with E-state index in [-0.39, 0.29) is 5.97 Å². The highest BCUT2D eigenvalue weighted by atomic mass is 16.5. The van der Waals surface area contributed by atoms with Gasteiger partial charge in [0.15, 0.2) is 0 Å². The molecule has 0 rings (SSSR count). The SMILES string of the molecule is CCOC(=O)CCCCCCCCCCCCCCCCCCC(=O)O. The van der Waals surface area contributed by atoms with Crippen LogP contribution in [-0.4, -0.2) is 23.7 Å². The van der Waals surface area contributed by atoms with Crippen LogP contribution in [0.3, 0.4) is 0 Å². The number of carboxylic acids is 1. The normalized spacial score (nSPS) is 10.8. The predicted molar refractivity (Wildman–Crippen MR) is 107 cm³/mol. The Morgan fingerprint density at radius 3 is 1.19 bits per heavy atom. The van der Waals surface area contributed by atoms with Crippen LogP contribution < -0.4 is 0 Å². The number of carbonyl (C=O) groups is 2. The van der Waals surface area contributed by atoms with Crippen molar-refractivity contribution in [1.82, 2.24) is 0 Å². The maximum Gasteiger partial charge on any atom is 0.305 e. The molecule has 0 aromatic carbocycles. The van der Waals surface area contributed by atoms with Gasteiger partial charge in [0, 0.05) is 12.8 Å². The molecule has 0 aromatic rings. The summed E-state index contributed by atoms with van der Waals surface area (Å²) in [6, 6.07) is 0. The Labute approximate surface area is 161 Å². The maximum absolute atomic E-state index is 11.2. The van der Waals surface area contributed by atoms with E-state index in [0.717, 1.165) is 25.7 Å². The summed E-state index contributed by atoms with van der Waals surface area (Å²) in [5.41, 5.74) is 0. The third kappa shape index (κ3) is 21.0. The largest absolute Gasteiger partial charge is 0.481 e. The summed E-state index contributed by atoms with van der Waals surface area (Å²) in [6.07, 6.45) is 20.7. The van der Waals surface area contributed by atoms with Crippen molar-refractivity contribution in [2.45, 2.75) is 122 Å².